The van der Waals surface area contributed by atoms with E-state index in [9.17, 15) is 0 Å². The van der Waals surface area contributed by atoms with Crippen LogP contribution in [0.25, 0.3) is 54.8 Å². The van der Waals surface area contributed by atoms with Gasteiger partial charge >= 0.3 is 0 Å². The number of hydrogen-bond acceptors (Lipinski definition) is 2. The van der Waals surface area contributed by atoms with E-state index in [4.69, 9.17) is 0 Å². The van der Waals surface area contributed by atoms with Gasteiger partial charge in [0.15, 0.2) is 7.28 Å². The van der Waals surface area contributed by atoms with E-state index in [0.29, 0.717) is 0 Å². The molecule has 1 aliphatic heterocycles. The average molecular weight is 770 g/mol. The second kappa shape index (κ2) is 14.2. The number of aromatic nitrogens is 1. The predicted octanol–water partition coefficient (Wildman–Crippen LogP) is 13.7. The third-order valence-corrected chi connectivity index (χ3v) is 12.3. The fraction of sp³-hybridized carbons (Fsp3) is 0.0714. The van der Waals surface area contributed by atoms with Crippen molar-refractivity contribution in [2.75, 3.05) is 9.80 Å². The quantitative estimate of drug-likeness (QED) is 0.170. The monoisotopic (exact) mass is 769 g/mol. The highest BCUT2D eigenvalue weighted by Crippen LogP contribution is 2.47. The van der Waals surface area contributed by atoms with E-state index in [1.165, 1.54) is 77.2 Å². The van der Waals surface area contributed by atoms with Crippen LogP contribution in [0.2, 0.25) is 0 Å². The van der Waals surface area contributed by atoms with Crippen LogP contribution in [0, 0.1) is 0 Å². The number of benzene rings is 9. The topological polar surface area (TPSA) is 22.3 Å². The molecule has 0 saturated carbocycles. The van der Waals surface area contributed by atoms with Gasteiger partial charge in [-0.25, -0.2) is 0 Å². The summed E-state index contributed by atoms with van der Waals surface area (Å²) in [5.41, 5.74) is 18.0. The van der Waals surface area contributed by atoms with Gasteiger partial charge in [0.1, 0.15) is 0 Å². The van der Waals surface area contributed by atoms with Crippen molar-refractivity contribution in [1.82, 2.24) is 4.98 Å². The molecule has 0 atom stereocenters. The van der Waals surface area contributed by atoms with Gasteiger partial charge in [0, 0.05) is 55.9 Å². The maximum absolute atomic E-state index is 3.86. The van der Waals surface area contributed by atoms with Crippen LogP contribution in [0.4, 0.5) is 34.1 Å². The lowest BCUT2D eigenvalue weighted by Crippen LogP contribution is -2.41. The molecule has 9 aromatic carbocycles. The van der Waals surface area contributed by atoms with Crippen LogP contribution in [0.15, 0.2) is 200 Å². The number of nitrogens with zero attached hydrogens (tertiary/aromatic N) is 2. The van der Waals surface area contributed by atoms with E-state index in [0.717, 1.165) is 35.5 Å². The molecular weight excluding hydrogens is 725 g/mol. The molecule has 1 N–H and O–H groups in total. The summed E-state index contributed by atoms with van der Waals surface area (Å²) in [5.74, 6) is 0. The number of para-hydroxylation sites is 4. The number of anilines is 6. The second-order valence-corrected chi connectivity index (χ2v) is 17.0. The maximum Gasteiger partial charge on any atom is 0.198 e. The third kappa shape index (κ3) is 5.98. The summed E-state index contributed by atoms with van der Waals surface area (Å²) in [6.45, 7) is 6.91. The molecule has 10 aromatic rings. The van der Waals surface area contributed by atoms with Gasteiger partial charge in [-0.05, 0) is 99.0 Å². The van der Waals surface area contributed by atoms with Crippen LogP contribution in [0.1, 0.15) is 26.3 Å². The number of rotatable bonds is 6. The minimum Gasteiger partial charge on any atom is -0.354 e. The normalized spacial score (nSPS) is 12.3. The first-order chi connectivity index (χ1) is 29.4. The minimum atomic E-state index is -0.0273. The van der Waals surface area contributed by atoms with Gasteiger partial charge in [-0.15, -0.1) is 0 Å². The maximum atomic E-state index is 3.86. The standard InChI is InChI=1S/C56H44BN3/c1-56(2,3)39-30-33-50(47(35-39)37-18-7-4-8-19-37)60-51-36-42(59(40-21-9-5-10-22-40)41-23-11-6-12-24-41)31-32-48(51)57-54-52(60)34-38-20-13-14-25-43(38)53(54)46-28-17-27-45-44-26-15-16-29-49(44)58-55(45)46/h4-36,57-58H,1-3H3. The van der Waals surface area contributed by atoms with Crippen LogP contribution >= 0.6 is 0 Å². The predicted molar refractivity (Wildman–Crippen MR) is 259 cm³/mol. The van der Waals surface area contributed by atoms with Crippen molar-refractivity contribution in [2.45, 2.75) is 26.2 Å². The Hall–Kier alpha value is -7.30. The van der Waals surface area contributed by atoms with Gasteiger partial charge in [0.2, 0.25) is 0 Å². The molecular formula is C56H44BN3. The molecule has 0 amide bonds. The molecule has 0 aliphatic carbocycles. The van der Waals surface area contributed by atoms with Gasteiger partial charge in [0.05, 0.1) is 11.2 Å². The first kappa shape index (κ1) is 35.8. The molecule has 4 heteroatoms. The number of aromatic amines is 1. The molecule has 0 fully saturated rings. The van der Waals surface area contributed by atoms with Gasteiger partial charge < -0.3 is 14.8 Å². The molecule has 0 radical (unpaired) electrons. The van der Waals surface area contributed by atoms with E-state index in [1.807, 2.05) is 0 Å². The summed E-state index contributed by atoms with van der Waals surface area (Å²) >= 11 is 0. The van der Waals surface area contributed by atoms with E-state index >= 15 is 0 Å². The molecule has 1 aliphatic rings. The van der Waals surface area contributed by atoms with Crippen molar-refractivity contribution < 1.29 is 0 Å². The Morgan fingerprint density at radius 1 is 0.483 bits per heavy atom. The van der Waals surface area contributed by atoms with Crippen molar-refractivity contribution in [3.63, 3.8) is 0 Å². The molecule has 0 unspecified atom stereocenters. The molecule has 286 valence electrons. The van der Waals surface area contributed by atoms with Crippen molar-refractivity contribution in [3.05, 3.63) is 206 Å². The van der Waals surface area contributed by atoms with Crippen LogP contribution in [-0.4, -0.2) is 12.3 Å². The molecule has 0 saturated heterocycles. The summed E-state index contributed by atoms with van der Waals surface area (Å²) < 4.78 is 0. The Morgan fingerprint density at radius 3 is 1.87 bits per heavy atom. The zero-order valence-corrected chi connectivity index (χ0v) is 34.2. The molecule has 11 rings (SSSR count). The lowest BCUT2D eigenvalue weighted by Gasteiger charge is -2.38. The smallest absolute Gasteiger partial charge is 0.198 e. The summed E-state index contributed by atoms with van der Waals surface area (Å²) in [6.07, 6.45) is 0. The number of nitrogens with one attached hydrogen (secondary N) is 1. The van der Waals surface area contributed by atoms with Crippen molar-refractivity contribution >= 4 is 84.9 Å². The van der Waals surface area contributed by atoms with Crippen LogP contribution < -0.4 is 20.7 Å². The highest BCUT2D eigenvalue weighted by Gasteiger charge is 2.32. The van der Waals surface area contributed by atoms with Crippen molar-refractivity contribution in [3.8, 4) is 22.3 Å². The van der Waals surface area contributed by atoms with Crippen LogP contribution in [0.5, 0.6) is 0 Å². The van der Waals surface area contributed by atoms with Gasteiger partial charge in [-0.3, -0.25) is 0 Å². The zero-order valence-electron chi connectivity index (χ0n) is 34.2. The number of H-pyrrole nitrogens is 1. The van der Waals surface area contributed by atoms with Crippen LogP contribution in [0.3, 0.4) is 0 Å². The Labute approximate surface area is 352 Å². The highest BCUT2D eigenvalue weighted by atomic mass is 15.2. The van der Waals surface area contributed by atoms with Crippen molar-refractivity contribution in [2.24, 2.45) is 0 Å². The largest absolute Gasteiger partial charge is 0.354 e. The van der Waals surface area contributed by atoms with Crippen molar-refractivity contribution in [1.29, 1.82) is 0 Å². The van der Waals surface area contributed by atoms with Gasteiger partial charge in [-0.2, -0.15) is 0 Å². The molecule has 0 spiro atoms. The lowest BCUT2D eigenvalue weighted by molar-refractivity contribution is 0.590. The number of fused-ring (bicyclic) bond motifs is 6. The molecule has 3 nitrogen and oxygen atoms in total. The van der Waals surface area contributed by atoms with Gasteiger partial charge in [-0.1, -0.05) is 166 Å². The minimum absolute atomic E-state index is 0.0273. The van der Waals surface area contributed by atoms with Gasteiger partial charge in [0.25, 0.3) is 0 Å². The third-order valence-electron chi connectivity index (χ3n) is 12.3. The first-order valence-electron chi connectivity index (χ1n) is 21.0. The second-order valence-electron chi connectivity index (χ2n) is 17.0. The molecule has 60 heavy (non-hydrogen) atoms. The molecule has 0 bridgehead atoms. The molecule has 2 heterocycles. The van der Waals surface area contributed by atoms with E-state index in [2.05, 4.69) is 236 Å². The Bertz CT molecular complexity index is 3180. The summed E-state index contributed by atoms with van der Waals surface area (Å²) in [7, 11) is 0.787. The zero-order chi connectivity index (χ0) is 40.4. The van der Waals surface area contributed by atoms with E-state index in [1.54, 1.807) is 0 Å². The highest BCUT2D eigenvalue weighted by molar-refractivity contribution is 6.74. The Kier molecular flexibility index (Phi) is 8.49. The molecule has 1 aromatic heterocycles. The number of hydrogen-bond donors (Lipinski definition) is 1. The fourth-order valence-corrected chi connectivity index (χ4v) is 9.42. The summed E-state index contributed by atoms with van der Waals surface area (Å²) in [5, 5.41) is 4.96. The fourth-order valence-electron chi connectivity index (χ4n) is 9.42. The van der Waals surface area contributed by atoms with Crippen LogP contribution in [-0.2, 0) is 5.41 Å². The van der Waals surface area contributed by atoms with E-state index in [-0.39, 0.29) is 5.41 Å². The lowest BCUT2D eigenvalue weighted by atomic mass is 9.57. The summed E-state index contributed by atoms with van der Waals surface area (Å²) in [4.78, 5) is 8.81. The Morgan fingerprint density at radius 2 is 1.13 bits per heavy atom. The van der Waals surface area contributed by atoms with E-state index < -0.39 is 0 Å². The summed E-state index contributed by atoms with van der Waals surface area (Å²) in [6, 6.07) is 73.4. The average Bonchev–Trinajstić information content (AvgIpc) is 3.67. The SMILES string of the molecule is CC(C)(C)c1ccc(N2c3cc(N(c4ccccc4)c4ccccc4)ccc3Bc3c2cc2ccccc2c3-c2cccc3c2[nH]c2ccccc23)c(-c2ccccc2)c1. The first-order valence-corrected chi connectivity index (χ1v) is 21.0. The Balaban J connectivity index is 1.23.